The van der Waals surface area contributed by atoms with Crippen LogP contribution in [0.1, 0.15) is 34.1 Å². The molecule has 110 valence electrons. The van der Waals surface area contributed by atoms with Crippen molar-refractivity contribution in [3.8, 4) is 0 Å². The number of carboxylic acids is 1. The van der Waals surface area contributed by atoms with Gasteiger partial charge in [-0.25, -0.2) is 9.59 Å². The van der Waals surface area contributed by atoms with Crippen molar-refractivity contribution in [2.45, 2.75) is 52.4 Å². The number of rotatable bonds is 4. The highest BCUT2D eigenvalue weighted by Gasteiger charge is 2.30. The van der Waals surface area contributed by atoms with E-state index in [-0.39, 0.29) is 24.2 Å². The van der Waals surface area contributed by atoms with E-state index in [0.717, 1.165) is 0 Å². The van der Waals surface area contributed by atoms with Gasteiger partial charge in [0.25, 0.3) is 0 Å². The molecule has 1 heterocycles. The highest BCUT2D eigenvalue weighted by molar-refractivity contribution is 5.82. The van der Waals surface area contributed by atoms with Crippen molar-refractivity contribution in [1.29, 1.82) is 0 Å². The first-order valence-electron chi connectivity index (χ1n) is 6.78. The van der Waals surface area contributed by atoms with Crippen LogP contribution >= 0.6 is 0 Å². The third-order valence-electron chi connectivity index (χ3n) is 3.46. The minimum Gasteiger partial charge on any atom is -0.480 e. The summed E-state index contributed by atoms with van der Waals surface area (Å²) < 4.78 is 5.55. The van der Waals surface area contributed by atoms with Crippen molar-refractivity contribution >= 4 is 12.0 Å². The number of nitrogens with one attached hydrogen (secondary N) is 1. The Kier molecular flexibility index (Phi) is 5.60. The molecule has 0 aliphatic carbocycles. The molecular weight excluding hydrogens is 248 g/mol. The zero-order valence-corrected chi connectivity index (χ0v) is 12.0. The van der Waals surface area contributed by atoms with Crippen molar-refractivity contribution in [1.82, 2.24) is 10.2 Å². The molecule has 6 heteroatoms. The summed E-state index contributed by atoms with van der Waals surface area (Å²) in [7, 11) is 0. The van der Waals surface area contributed by atoms with E-state index >= 15 is 0 Å². The van der Waals surface area contributed by atoms with Crippen molar-refractivity contribution in [2.75, 3.05) is 13.1 Å². The molecule has 4 atom stereocenters. The average molecular weight is 272 g/mol. The minimum absolute atomic E-state index is 0.0265. The third-order valence-corrected chi connectivity index (χ3v) is 3.46. The van der Waals surface area contributed by atoms with Crippen LogP contribution < -0.4 is 5.32 Å². The molecule has 0 bridgehead atoms. The molecule has 0 spiro atoms. The largest absolute Gasteiger partial charge is 0.480 e. The van der Waals surface area contributed by atoms with Crippen LogP contribution in [0.15, 0.2) is 0 Å². The fourth-order valence-corrected chi connectivity index (χ4v) is 2.25. The highest BCUT2D eigenvalue weighted by Crippen LogP contribution is 2.13. The predicted octanol–water partition coefficient (Wildman–Crippen LogP) is 1.30. The number of amides is 2. The van der Waals surface area contributed by atoms with Gasteiger partial charge in [0.1, 0.15) is 6.04 Å². The van der Waals surface area contributed by atoms with E-state index < -0.39 is 12.0 Å². The first-order chi connectivity index (χ1) is 8.85. The molecule has 0 saturated carbocycles. The molecule has 1 aliphatic heterocycles. The quantitative estimate of drug-likeness (QED) is 0.808. The average Bonchev–Trinajstić information content (AvgIpc) is 2.33. The number of nitrogens with zero attached hydrogens (tertiary/aromatic N) is 1. The smallest absolute Gasteiger partial charge is 0.326 e. The van der Waals surface area contributed by atoms with Crippen LogP contribution in [0.5, 0.6) is 0 Å². The van der Waals surface area contributed by atoms with Gasteiger partial charge in [0.05, 0.1) is 12.2 Å². The maximum absolute atomic E-state index is 12.1. The normalized spacial score (nSPS) is 26.6. The maximum atomic E-state index is 12.1. The Morgan fingerprint density at radius 3 is 2.32 bits per heavy atom. The first kappa shape index (κ1) is 15.8. The molecule has 1 rings (SSSR count). The molecule has 4 unspecified atom stereocenters. The second-order valence-electron chi connectivity index (χ2n) is 5.31. The lowest BCUT2D eigenvalue weighted by atomic mass is 9.99. The number of hydrogen-bond donors (Lipinski definition) is 2. The molecular formula is C13H24N2O4. The van der Waals surface area contributed by atoms with Gasteiger partial charge in [0, 0.05) is 13.1 Å². The molecule has 19 heavy (non-hydrogen) atoms. The van der Waals surface area contributed by atoms with Crippen molar-refractivity contribution < 1.29 is 19.4 Å². The molecule has 1 fully saturated rings. The van der Waals surface area contributed by atoms with Gasteiger partial charge in [-0.15, -0.1) is 0 Å². The molecule has 2 amide bonds. The summed E-state index contributed by atoms with van der Waals surface area (Å²) in [6.07, 6.45) is 0.649. The number of morpholine rings is 1. The monoisotopic (exact) mass is 272 g/mol. The van der Waals surface area contributed by atoms with E-state index in [1.54, 1.807) is 4.90 Å². The van der Waals surface area contributed by atoms with Crippen LogP contribution in [-0.4, -0.2) is 53.3 Å². The molecule has 0 radical (unpaired) electrons. The number of carbonyl (C=O) groups is 2. The van der Waals surface area contributed by atoms with Crippen LogP contribution in [0.2, 0.25) is 0 Å². The standard InChI is InChI=1S/C13H24N2O4/c1-5-8(2)11(12(16)17)14-13(18)15-6-9(3)19-10(4)7-15/h8-11H,5-7H2,1-4H3,(H,14,18)(H,16,17). The summed E-state index contributed by atoms with van der Waals surface area (Å²) in [6, 6.07) is -1.17. The Morgan fingerprint density at radius 2 is 1.89 bits per heavy atom. The molecule has 6 nitrogen and oxygen atoms in total. The van der Waals surface area contributed by atoms with Gasteiger partial charge in [-0.05, 0) is 19.8 Å². The number of carboxylic acid groups (broad SMARTS) is 1. The SMILES string of the molecule is CCC(C)C(NC(=O)N1CC(C)OC(C)C1)C(=O)O. The fourth-order valence-electron chi connectivity index (χ4n) is 2.25. The Morgan fingerprint density at radius 1 is 1.37 bits per heavy atom. The fraction of sp³-hybridized carbons (Fsp3) is 0.846. The maximum Gasteiger partial charge on any atom is 0.326 e. The summed E-state index contributed by atoms with van der Waals surface area (Å²) >= 11 is 0. The Labute approximate surface area is 114 Å². The van der Waals surface area contributed by atoms with Gasteiger partial charge in [-0.3, -0.25) is 0 Å². The first-order valence-corrected chi connectivity index (χ1v) is 6.78. The topological polar surface area (TPSA) is 78.9 Å². The van der Waals surface area contributed by atoms with Gasteiger partial charge >= 0.3 is 12.0 Å². The number of hydrogen-bond acceptors (Lipinski definition) is 3. The molecule has 2 N–H and O–H groups in total. The van der Waals surface area contributed by atoms with E-state index in [1.165, 1.54) is 0 Å². The number of ether oxygens (including phenoxy) is 1. The van der Waals surface area contributed by atoms with Gasteiger partial charge < -0.3 is 20.1 Å². The van der Waals surface area contributed by atoms with Gasteiger partial charge in [-0.2, -0.15) is 0 Å². The summed E-state index contributed by atoms with van der Waals surface area (Å²) in [6.45, 7) is 8.51. The van der Waals surface area contributed by atoms with Crippen LogP contribution in [0, 0.1) is 5.92 Å². The van der Waals surface area contributed by atoms with Crippen LogP contribution in [0.3, 0.4) is 0 Å². The zero-order chi connectivity index (χ0) is 14.6. The lowest BCUT2D eigenvalue weighted by Crippen LogP contribution is -2.55. The Hall–Kier alpha value is -1.30. The summed E-state index contributed by atoms with van der Waals surface area (Å²) in [5, 5.41) is 11.8. The Balaban J connectivity index is 2.63. The summed E-state index contributed by atoms with van der Waals surface area (Å²) in [5.41, 5.74) is 0. The van der Waals surface area contributed by atoms with E-state index in [2.05, 4.69) is 5.32 Å². The van der Waals surface area contributed by atoms with Crippen LogP contribution in [-0.2, 0) is 9.53 Å². The highest BCUT2D eigenvalue weighted by atomic mass is 16.5. The zero-order valence-electron chi connectivity index (χ0n) is 12.0. The molecule has 0 aromatic carbocycles. The third kappa shape index (κ3) is 4.38. The van der Waals surface area contributed by atoms with E-state index in [1.807, 2.05) is 27.7 Å². The summed E-state index contributed by atoms with van der Waals surface area (Å²) in [5.74, 6) is -1.09. The Bertz CT molecular complexity index is 325. The second-order valence-corrected chi connectivity index (χ2v) is 5.31. The van der Waals surface area contributed by atoms with E-state index in [0.29, 0.717) is 19.5 Å². The van der Waals surface area contributed by atoms with Gasteiger partial charge in [0.2, 0.25) is 0 Å². The second kappa shape index (κ2) is 6.75. The molecule has 1 saturated heterocycles. The lowest BCUT2D eigenvalue weighted by Gasteiger charge is -2.36. The summed E-state index contributed by atoms with van der Waals surface area (Å²) in [4.78, 5) is 24.9. The molecule has 0 aromatic heterocycles. The number of aliphatic carboxylic acids is 1. The van der Waals surface area contributed by atoms with Crippen molar-refractivity contribution in [2.24, 2.45) is 5.92 Å². The van der Waals surface area contributed by atoms with Crippen LogP contribution in [0.4, 0.5) is 4.79 Å². The number of carbonyl (C=O) groups excluding carboxylic acids is 1. The van der Waals surface area contributed by atoms with Crippen molar-refractivity contribution in [3.63, 3.8) is 0 Å². The molecule has 1 aliphatic rings. The minimum atomic E-state index is -0.989. The van der Waals surface area contributed by atoms with Gasteiger partial charge in [0.15, 0.2) is 0 Å². The van der Waals surface area contributed by atoms with E-state index in [4.69, 9.17) is 9.84 Å². The van der Waals surface area contributed by atoms with Crippen LogP contribution in [0.25, 0.3) is 0 Å². The molecule has 0 aromatic rings. The lowest BCUT2D eigenvalue weighted by molar-refractivity contribution is -0.140. The number of urea groups is 1. The van der Waals surface area contributed by atoms with E-state index in [9.17, 15) is 9.59 Å². The van der Waals surface area contributed by atoms with Crippen molar-refractivity contribution in [3.05, 3.63) is 0 Å². The predicted molar refractivity (Wildman–Crippen MR) is 71.0 cm³/mol. The van der Waals surface area contributed by atoms with Gasteiger partial charge in [-0.1, -0.05) is 20.3 Å².